The molecular formula is C24H29FN2O2. The van der Waals surface area contributed by atoms with Gasteiger partial charge in [-0.05, 0) is 67.5 Å². The summed E-state index contributed by atoms with van der Waals surface area (Å²) in [5, 5.41) is 2.80. The van der Waals surface area contributed by atoms with Crippen LogP contribution >= 0.6 is 0 Å². The first-order valence-corrected chi connectivity index (χ1v) is 10.3. The highest BCUT2D eigenvalue weighted by atomic mass is 19.1. The Bertz CT molecular complexity index is 846. The molecule has 1 aliphatic heterocycles. The summed E-state index contributed by atoms with van der Waals surface area (Å²) >= 11 is 0. The van der Waals surface area contributed by atoms with E-state index in [9.17, 15) is 14.0 Å². The summed E-state index contributed by atoms with van der Waals surface area (Å²) in [5.41, 5.74) is 2.76. The highest BCUT2D eigenvalue weighted by molar-refractivity contribution is 5.98. The zero-order valence-corrected chi connectivity index (χ0v) is 17.3. The second-order valence-corrected chi connectivity index (χ2v) is 8.25. The Morgan fingerprint density at radius 2 is 1.72 bits per heavy atom. The number of benzene rings is 2. The molecule has 0 spiro atoms. The Hall–Kier alpha value is -2.69. The lowest BCUT2D eigenvalue weighted by Crippen LogP contribution is -2.44. The number of likely N-dealkylation sites (tertiary alicyclic amines) is 1. The van der Waals surface area contributed by atoms with Crippen molar-refractivity contribution in [2.75, 3.05) is 11.9 Å². The molecule has 2 amide bonds. The molecule has 1 fully saturated rings. The number of carbonyl (C=O) groups excluding carboxylic acids is 2. The number of carbonyl (C=O) groups is 2. The third kappa shape index (κ3) is 5.22. The molecule has 0 bridgehead atoms. The van der Waals surface area contributed by atoms with Crippen LogP contribution in [0, 0.1) is 11.7 Å². The standard InChI is InChI=1S/C24H29FN2O2/c1-16(2)15-18-6-8-19(9-7-18)17(3)24(29)27-14-4-5-22(27)23(28)26-21-12-10-20(25)11-13-21/h6-13,16-17,22H,4-5,14-15H2,1-3H3,(H,26,28). The lowest BCUT2D eigenvalue weighted by atomic mass is 9.95. The summed E-state index contributed by atoms with van der Waals surface area (Å²) < 4.78 is 13.1. The van der Waals surface area contributed by atoms with Crippen LogP contribution in [0.1, 0.15) is 50.7 Å². The second kappa shape index (κ2) is 9.21. The largest absolute Gasteiger partial charge is 0.330 e. The van der Waals surface area contributed by atoms with E-state index in [2.05, 4.69) is 31.3 Å². The van der Waals surface area contributed by atoms with E-state index in [1.165, 1.54) is 29.8 Å². The third-order valence-corrected chi connectivity index (χ3v) is 5.44. The molecule has 2 unspecified atom stereocenters. The van der Waals surface area contributed by atoms with Crippen molar-refractivity contribution < 1.29 is 14.0 Å². The van der Waals surface area contributed by atoms with Crippen LogP contribution in [-0.4, -0.2) is 29.3 Å². The summed E-state index contributed by atoms with van der Waals surface area (Å²) in [6.07, 6.45) is 2.45. The Morgan fingerprint density at radius 1 is 1.07 bits per heavy atom. The van der Waals surface area contributed by atoms with E-state index in [0.717, 1.165) is 18.4 Å². The van der Waals surface area contributed by atoms with E-state index < -0.39 is 6.04 Å². The molecule has 0 radical (unpaired) electrons. The highest BCUT2D eigenvalue weighted by Crippen LogP contribution is 2.26. The van der Waals surface area contributed by atoms with Gasteiger partial charge in [-0.15, -0.1) is 0 Å². The number of rotatable bonds is 6. The van der Waals surface area contributed by atoms with Gasteiger partial charge in [0.25, 0.3) is 0 Å². The van der Waals surface area contributed by atoms with E-state index >= 15 is 0 Å². The van der Waals surface area contributed by atoms with Crippen LogP contribution in [0.4, 0.5) is 10.1 Å². The maximum absolute atomic E-state index is 13.1. The fraction of sp³-hybridized carbons (Fsp3) is 0.417. The number of hydrogen-bond acceptors (Lipinski definition) is 2. The average Bonchev–Trinajstić information content (AvgIpc) is 3.19. The zero-order chi connectivity index (χ0) is 21.0. The molecule has 2 aromatic rings. The first-order valence-electron chi connectivity index (χ1n) is 10.3. The molecule has 154 valence electrons. The van der Waals surface area contributed by atoms with Gasteiger partial charge in [0.1, 0.15) is 11.9 Å². The van der Waals surface area contributed by atoms with Crippen LogP contribution in [0.2, 0.25) is 0 Å². The summed E-state index contributed by atoms with van der Waals surface area (Å²) in [6, 6.07) is 13.4. The molecule has 5 heteroatoms. The smallest absolute Gasteiger partial charge is 0.247 e. The van der Waals surface area contributed by atoms with E-state index in [1.54, 1.807) is 4.90 Å². The first kappa shape index (κ1) is 21.0. The molecular weight excluding hydrogens is 367 g/mol. The van der Waals surface area contributed by atoms with Crippen molar-refractivity contribution in [2.24, 2.45) is 5.92 Å². The number of nitrogens with zero attached hydrogens (tertiary/aromatic N) is 1. The van der Waals surface area contributed by atoms with E-state index in [-0.39, 0.29) is 23.5 Å². The van der Waals surface area contributed by atoms with Gasteiger partial charge >= 0.3 is 0 Å². The van der Waals surface area contributed by atoms with Gasteiger partial charge < -0.3 is 10.2 Å². The van der Waals surface area contributed by atoms with Crippen molar-refractivity contribution in [2.45, 2.75) is 52.0 Å². The van der Waals surface area contributed by atoms with Crippen molar-refractivity contribution in [3.05, 3.63) is 65.5 Å². The van der Waals surface area contributed by atoms with E-state index in [4.69, 9.17) is 0 Å². The number of halogens is 1. The molecule has 1 heterocycles. The van der Waals surface area contributed by atoms with Gasteiger partial charge in [-0.25, -0.2) is 4.39 Å². The molecule has 0 aliphatic carbocycles. The summed E-state index contributed by atoms with van der Waals surface area (Å²) in [6.45, 7) is 6.85. The monoisotopic (exact) mass is 396 g/mol. The molecule has 1 saturated heterocycles. The number of nitrogens with one attached hydrogen (secondary N) is 1. The average molecular weight is 397 g/mol. The molecule has 1 aliphatic rings. The Kier molecular flexibility index (Phi) is 6.68. The van der Waals surface area contributed by atoms with Crippen LogP contribution in [0.25, 0.3) is 0 Å². The molecule has 0 saturated carbocycles. The fourth-order valence-corrected chi connectivity index (χ4v) is 3.87. The summed E-state index contributed by atoms with van der Waals surface area (Å²) in [7, 11) is 0. The molecule has 4 nitrogen and oxygen atoms in total. The molecule has 1 N–H and O–H groups in total. The maximum atomic E-state index is 13.1. The SMILES string of the molecule is CC(C)Cc1ccc(C(C)C(=O)N2CCCC2C(=O)Nc2ccc(F)cc2)cc1. The second-order valence-electron chi connectivity index (χ2n) is 8.25. The molecule has 2 atom stereocenters. The summed E-state index contributed by atoms with van der Waals surface area (Å²) in [5.74, 6) is -0.318. The lowest BCUT2D eigenvalue weighted by molar-refractivity contribution is -0.137. The number of anilines is 1. The van der Waals surface area contributed by atoms with E-state index in [0.29, 0.717) is 24.6 Å². The van der Waals surface area contributed by atoms with Gasteiger partial charge in [0.15, 0.2) is 0 Å². The molecule has 29 heavy (non-hydrogen) atoms. The zero-order valence-electron chi connectivity index (χ0n) is 17.3. The van der Waals surface area contributed by atoms with Crippen molar-refractivity contribution in [3.63, 3.8) is 0 Å². The minimum Gasteiger partial charge on any atom is -0.330 e. The first-order chi connectivity index (χ1) is 13.8. The van der Waals surface area contributed by atoms with Crippen LogP contribution in [0.15, 0.2) is 48.5 Å². The van der Waals surface area contributed by atoms with E-state index in [1.807, 2.05) is 19.1 Å². The predicted octanol–water partition coefficient (Wildman–Crippen LogP) is 4.76. The highest BCUT2D eigenvalue weighted by Gasteiger charge is 2.36. The van der Waals surface area contributed by atoms with Gasteiger partial charge in [0.05, 0.1) is 5.92 Å². The topological polar surface area (TPSA) is 49.4 Å². The molecule has 3 rings (SSSR count). The minimum atomic E-state index is -0.491. The van der Waals surface area contributed by atoms with Crippen molar-refractivity contribution in [3.8, 4) is 0 Å². The third-order valence-electron chi connectivity index (χ3n) is 5.44. The Morgan fingerprint density at radius 3 is 2.34 bits per heavy atom. The van der Waals surface area contributed by atoms with Gasteiger partial charge in [-0.1, -0.05) is 38.1 Å². The number of amides is 2. The Balaban J connectivity index is 1.66. The van der Waals surface area contributed by atoms with Crippen LogP contribution in [0.5, 0.6) is 0 Å². The van der Waals surface area contributed by atoms with Crippen molar-refractivity contribution in [1.29, 1.82) is 0 Å². The van der Waals surface area contributed by atoms with Crippen molar-refractivity contribution in [1.82, 2.24) is 4.90 Å². The van der Waals surface area contributed by atoms with Crippen molar-refractivity contribution >= 4 is 17.5 Å². The number of hydrogen-bond donors (Lipinski definition) is 1. The minimum absolute atomic E-state index is 0.0293. The van der Waals surface area contributed by atoms with Crippen LogP contribution < -0.4 is 5.32 Å². The predicted molar refractivity (Wildman–Crippen MR) is 113 cm³/mol. The van der Waals surface area contributed by atoms with Gasteiger partial charge in [-0.3, -0.25) is 9.59 Å². The molecule has 2 aromatic carbocycles. The maximum Gasteiger partial charge on any atom is 0.247 e. The summed E-state index contributed by atoms with van der Waals surface area (Å²) in [4.78, 5) is 27.5. The van der Waals surface area contributed by atoms with Gasteiger partial charge in [-0.2, -0.15) is 0 Å². The molecule has 0 aromatic heterocycles. The van der Waals surface area contributed by atoms with Crippen LogP contribution in [-0.2, 0) is 16.0 Å². The van der Waals surface area contributed by atoms with Gasteiger partial charge in [0.2, 0.25) is 11.8 Å². The lowest BCUT2D eigenvalue weighted by Gasteiger charge is -2.27. The quantitative estimate of drug-likeness (QED) is 0.765. The fourth-order valence-electron chi connectivity index (χ4n) is 3.87. The van der Waals surface area contributed by atoms with Gasteiger partial charge in [0, 0.05) is 12.2 Å². The normalized spacial score (nSPS) is 17.4. The Labute approximate surface area is 172 Å². The van der Waals surface area contributed by atoms with Crippen LogP contribution in [0.3, 0.4) is 0 Å².